The van der Waals surface area contributed by atoms with E-state index in [-0.39, 0.29) is 17.8 Å². The number of halogens is 1. The van der Waals surface area contributed by atoms with Gasteiger partial charge in [-0.1, -0.05) is 31.4 Å². The van der Waals surface area contributed by atoms with Crippen molar-refractivity contribution in [2.24, 2.45) is 0 Å². The summed E-state index contributed by atoms with van der Waals surface area (Å²) in [5.41, 5.74) is 8.87. The first-order valence-corrected chi connectivity index (χ1v) is 7.81. The van der Waals surface area contributed by atoms with E-state index in [1.54, 1.807) is 18.2 Å². The van der Waals surface area contributed by atoms with Crippen molar-refractivity contribution in [1.82, 2.24) is 21.7 Å². The Morgan fingerprint density at radius 2 is 1.91 bits per heavy atom. The van der Waals surface area contributed by atoms with Gasteiger partial charge in [-0.3, -0.25) is 4.79 Å². The number of hydrogen-bond donors (Lipinski definition) is 5. The van der Waals surface area contributed by atoms with Gasteiger partial charge in [-0.2, -0.15) is 5.53 Å². The summed E-state index contributed by atoms with van der Waals surface area (Å²) in [6.45, 7) is 0. The van der Waals surface area contributed by atoms with E-state index in [0.717, 1.165) is 25.7 Å². The molecular weight excluding hydrogens is 285 g/mol. The summed E-state index contributed by atoms with van der Waals surface area (Å²) in [7, 11) is 0. The molecule has 7 heteroatoms. The van der Waals surface area contributed by atoms with Crippen LogP contribution in [0.1, 0.15) is 32.1 Å². The van der Waals surface area contributed by atoms with Crippen molar-refractivity contribution in [3.8, 4) is 0 Å². The molecule has 2 atom stereocenters. The van der Waals surface area contributed by atoms with E-state index in [0.29, 0.717) is 5.69 Å². The van der Waals surface area contributed by atoms with Crippen molar-refractivity contribution in [2.45, 2.75) is 50.4 Å². The third-order valence-electron chi connectivity index (χ3n) is 4.21. The molecule has 1 aliphatic carbocycles. The Morgan fingerprint density at radius 1 is 1.14 bits per heavy atom. The topological polar surface area (TPSA) is 77.2 Å². The Bertz CT molecular complexity index is 520. The van der Waals surface area contributed by atoms with Crippen molar-refractivity contribution in [2.75, 3.05) is 5.32 Å². The summed E-state index contributed by atoms with van der Waals surface area (Å²) >= 11 is 0. The van der Waals surface area contributed by atoms with E-state index in [1.165, 1.54) is 12.5 Å². The summed E-state index contributed by atoms with van der Waals surface area (Å²) in [4.78, 5) is 12.4. The molecule has 0 spiro atoms. The molecule has 2 unspecified atom stereocenters. The zero-order valence-electron chi connectivity index (χ0n) is 12.4. The molecule has 3 rings (SSSR count). The first kappa shape index (κ1) is 15.2. The molecule has 1 saturated carbocycles. The Hall–Kier alpha value is -1.70. The van der Waals surface area contributed by atoms with Crippen LogP contribution < -0.4 is 27.0 Å². The van der Waals surface area contributed by atoms with E-state index in [1.807, 2.05) is 0 Å². The fourth-order valence-corrected chi connectivity index (χ4v) is 2.98. The molecule has 6 nitrogen and oxygen atoms in total. The summed E-state index contributed by atoms with van der Waals surface area (Å²) in [5.74, 6) is -0.430. The molecular formula is C15H22FN5O. The van der Waals surface area contributed by atoms with Gasteiger partial charge in [0.1, 0.15) is 18.0 Å². The van der Waals surface area contributed by atoms with E-state index < -0.39 is 12.2 Å². The maximum atomic E-state index is 13.7. The van der Waals surface area contributed by atoms with E-state index in [2.05, 4.69) is 27.0 Å². The van der Waals surface area contributed by atoms with Crippen LogP contribution in [0.3, 0.4) is 0 Å². The average Bonchev–Trinajstić information content (AvgIpc) is 2.99. The summed E-state index contributed by atoms with van der Waals surface area (Å²) in [6, 6.07) is 6.14. The van der Waals surface area contributed by atoms with Crippen LogP contribution in [0.25, 0.3) is 0 Å². The number of hydrogen-bond acceptors (Lipinski definition) is 5. The predicted octanol–water partition coefficient (Wildman–Crippen LogP) is 0.994. The monoisotopic (exact) mass is 307 g/mol. The molecule has 1 amide bonds. The number of nitrogens with one attached hydrogen (secondary N) is 5. The number of carbonyl (C=O) groups excluding carboxylic acids is 1. The second-order valence-corrected chi connectivity index (χ2v) is 5.84. The fraction of sp³-hybridized carbons (Fsp3) is 0.533. The van der Waals surface area contributed by atoms with Gasteiger partial charge in [-0.05, 0) is 25.0 Å². The van der Waals surface area contributed by atoms with Gasteiger partial charge in [0.2, 0.25) is 5.91 Å². The van der Waals surface area contributed by atoms with Crippen LogP contribution in [0.2, 0.25) is 0 Å². The van der Waals surface area contributed by atoms with E-state index in [4.69, 9.17) is 0 Å². The molecule has 5 N–H and O–H groups in total. The quantitative estimate of drug-likeness (QED) is 0.573. The van der Waals surface area contributed by atoms with Gasteiger partial charge in [0.25, 0.3) is 0 Å². The number of benzene rings is 1. The summed E-state index contributed by atoms with van der Waals surface area (Å²) < 4.78 is 13.7. The van der Waals surface area contributed by atoms with Crippen LogP contribution in [0.15, 0.2) is 24.3 Å². The van der Waals surface area contributed by atoms with Gasteiger partial charge in [-0.15, -0.1) is 0 Å². The first-order valence-electron chi connectivity index (χ1n) is 7.81. The molecule has 0 aromatic heterocycles. The summed E-state index contributed by atoms with van der Waals surface area (Å²) in [5, 5.41) is 6.08. The fourth-order valence-electron chi connectivity index (χ4n) is 2.98. The minimum Gasteiger partial charge on any atom is -0.365 e. The molecule has 2 fully saturated rings. The number of carbonyl (C=O) groups is 1. The Morgan fingerprint density at radius 3 is 2.68 bits per heavy atom. The first-order chi connectivity index (χ1) is 10.7. The molecule has 1 saturated heterocycles. The lowest BCUT2D eigenvalue weighted by molar-refractivity contribution is -0.124. The second-order valence-electron chi connectivity index (χ2n) is 5.84. The van der Waals surface area contributed by atoms with Gasteiger partial charge in [-0.25, -0.2) is 15.2 Å². The maximum Gasteiger partial charge on any atom is 0.242 e. The molecule has 1 aromatic carbocycles. The standard InChI is InChI=1S/C15H22FN5O/c16-11-8-4-5-9-12(11)18-14-13(19-21-20-14)15(22)17-10-6-2-1-3-7-10/h4-5,8-10,13-14,18-21H,1-3,6-7H2,(H,17,22). The second kappa shape index (κ2) is 7.04. The average molecular weight is 307 g/mol. The highest BCUT2D eigenvalue weighted by molar-refractivity contribution is 5.83. The molecule has 22 heavy (non-hydrogen) atoms. The predicted molar refractivity (Wildman–Crippen MR) is 82.0 cm³/mol. The number of amides is 1. The molecule has 1 aromatic rings. The van der Waals surface area contributed by atoms with Gasteiger partial charge in [0.05, 0.1) is 5.69 Å². The van der Waals surface area contributed by atoms with E-state index >= 15 is 0 Å². The zero-order chi connectivity index (χ0) is 15.4. The number of para-hydroxylation sites is 1. The highest BCUT2D eigenvalue weighted by Crippen LogP contribution is 2.18. The maximum absolute atomic E-state index is 13.7. The molecule has 1 heterocycles. The van der Waals surface area contributed by atoms with Gasteiger partial charge >= 0.3 is 0 Å². The lowest BCUT2D eigenvalue weighted by Crippen LogP contribution is -2.53. The molecule has 1 aliphatic heterocycles. The number of hydrazine groups is 2. The van der Waals surface area contributed by atoms with Crippen LogP contribution in [0, 0.1) is 5.82 Å². The third kappa shape index (κ3) is 3.55. The van der Waals surface area contributed by atoms with Gasteiger partial charge in [0.15, 0.2) is 0 Å². The van der Waals surface area contributed by atoms with Crippen LogP contribution in [0.5, 0.6) is 0 Å². The molecule has 120 valence electrons. The molecule has 2 aliphatic rings. The van der Waals surface area contributed by atoms with Crippen LogP contribution in [-0.4, -0.2) is 24.2 Å². The largest absolute Gasteiger partial charge is 0.365 e. The van der Waals surface area contributed by atoms with Crippen molar-refractivity contribution in [3.63, 3.8) is 0 Å². The zero-order valence-corrected chi connectivity index (χ0v) is 12.4. The Labute approximate surface area is 129 Å². The van der Waals surface area contributed by atoms with Crippen LogP contribution in [-0.2, 0) is 4.79 Å². The minimum atomic E-state index is -0.512. The lowest BCUT2D eigenvalue weighted by atomic mass is 9.95. The minimum absolute atomic E-state index is 0.0850. The van der Waals surface area contributed by atoms with Crippen molar-refractivity contribution >= 4 is 11.6 Å². The highest BCUT2D eigenvalue weighted by atomic mass is 19.1. The number of rotatable bonds is 4. The lowest BCUT2D eigenvalue weighted by Gasteiger charge is -2.26. The van der Waals surface area contributed by atoms with Crippen molar-refractivity contribution in [3.05, 3.63) is 30.1 Å². The van der Waals surface area contributed by atoms with Crippen molar-refractivity contribution in [1.29, 1.82) is 0 Å². The highest BCUT2D eigenvalue weighted by Gasteiger charge is 2.34. The summed E-state index contributed by atoms with van der Waals surface area (Å²) in [6.07, 6.45) is 5.21. The van der Waals surface area contributed by atoms with Gasteiger partial charge in [0, 0.05) is 6.04 Å². The Balaban J connectivity index is 1.60. The van der Waals surface area contributed by atoms with Crippen LogP contribution >= 0.6 is 0 Å². The number of anilines is 1. The van der Waals surface area contributed by atoms with Crippen LogP contribution in [0.4, 0.5) is 10.1 Å². The van der Waals surface area contributed by atoms with Gasteiger partial charge < -0.3 is 10.6 Å². The molecule has 0 bridgehead atoms. The third-order valence-corrected chi connectivity index (χ3v) is 4.21. The normalized spacial score (nSPS) is 25.9. The smallest absolute Gasteiger partial charge is 0.242 e. The Kier molecular flexibility index (Phi) is 4.87. The SMILES string of the molecule is O=C(NC1CCCCC1)C1NNNC1Nc1ccccc1F. The van der Waals surface area contributed by atoms with Crippen molar-refractivity contribution < 1.29 is 9.18 Å². The van der Waals surface area contributed by atoms with E-state index in [9.17, 15) is 9.18 Å². The molecule has 0 radical (unpaired) electrons.